The first-order valence-corrected chi connectivity index (χ1v) is 7.16. The highest BCUT2D eigenvalue weighted by Gasteiger charge is 2.19. The summed E-state index contributed by atoms with van der Waals surface area (Å²) in [7, 11) is 0. The summed E-state index contributed by atoms with van der Waals surface area (Å²) < 4.78 is 1.85. The quantitative estimate of drug-likeness (QED) is 0.879. The van der Waals surface area contributed by atoms with Gasteiger partial charge in [0.05, 0.1) is 17.8 Å². The van der Waals surface area contributed by atoms with Gasteiger partial charge in [-0.2, -0.15) is 5.10 Å². The molecule has 1 saturated carbocycles. The molecule has 3 nitrogen and oxygen atoms in total. The molecule has 1 aromatic carbocycles. The minimum atomic E-state index is 0.683. The van der Waals surface area contributed by atoms with E-state index in [0.29, 0.717) is 5.02 Å². The predicted octanol–water partition coefficient (Wildman–Crippen LogP) is 2.88. The largest absolute Gasteiger partial charge is 0.314 e. The number of hydrogen-bond acceptors (Lipinski definition) is 2. The highest BCUT2D eigenvalue weighted by molar-refractivity contribution is 6.30. The normalized spacial score (nSPS) is 14.8. The Labute approximate surface area is 118 Å². The van der Waals surface area contributed by atoms with Crippen molar-refractivity contribution in [3.8, 4) is 0 Å². The van der Waals surface area contributed by atoms with Gasteiger partial charge in [0.25, 0.3) is 0 Å². The lowest BCUT2D eigenvalue weighted by Crippen LogP contribution is -2.19. The van der Waals surface area contributed by atoms with Crippen molar-refractivity contribution in [2.45, 2.75) is 31.8 Å². The molecule has 0 unspecified atom stereocenters. The van der Waals surface area contributed by atoms with Gasteiger partial charge in [0.15, 0.2) is 0 Å². The molecule has 1 aliphatic carbocycles. The van der Waals surface area contributed by atoms with Crippen molar-refractivity contribution in [1.82, 2.24) is 15.1 Å². The van der Waals surface area contributed by atoms with Crippen LogP contribution in [0.15, 0.2) is 36.7 Å². The summed E-state index contributed by atoms with van der Waals surface area (Å²) in [5.74, 6) is 0. The Morgan fingerprint density at radius 3 is 2.58 bits per heavy atom. The summed E-state index contributed by atoms with van der Waals surface area (Å²) in [6, 6.07) is 9.54. The summed E-state index contributed by atoms with van der Waals surface area (Å²) in [6.45, 7) is 1.85. The molecule has 1 aromatic heterocycles. The van der Waals surface area contributed by atoms with Crippen molar-refractivity contribution in [3.05, 3.63) is 52.8 Å². The number of nitrogens with zero attached hydrogens (tertiary/aromatic N) is 2. The standard InChI is InChI=1S/C15H18ClN3/c16-14-9-18-19(11-14)10-13-3-1-12(2-4-13)7-8-17-15-5-6-15/h1-4,9,11,15,17H,5-8,10H2. The lowest BCUT2D eigenvalue weighted by Gasteiger charge is -2.05. The van der Waals surface area contributed by atoms with E-state index in [4.69, 9.17) is 11.6 Å². The zero-order valence-corrected chi connectivity index (χ0v) is 11.6. The van der Waals surface area contributed by atoms with Crippen LogP contribution in [0.3, 0.4) is 0 Å². The minimum absolute atomic E-state index is 0.683. The monoisotopic (exact) mass is 275 g/mol. The third kappa shape index (κ3) is 3.82. The van der Waals surface area contributed by atoms with Crippen molar-refractivity contribution in [1.29, 1.82) is 0 Å². The third-order valence-corrected chi connectivity index (χ3v) is 3.59. The van der Waals surface area contributed by atoms with Crippen molar-refractivity contribution in [2.24, 2.45) is 0 Å². The van der Waals surface area contributed by atoms with E-state index in [1.807, 2.05) is 10.9 Å². The average molecular weight is 276 g/mol. The summed E-state index contributed by atoms with van der Waals surface area (Å²) in [5.41, 5.74) is 2.63. The molecule has 0 spiro atoms. The number of aromatic nitrogens is 2. The Hall–Kier alpha value is -1.32. The van der Waals surface area contributed by atoms with Crippen LogP contribution < -0.4 is 5.32 Å². The van der Waals surface area contributed by atoms with Gasteiger partial charge in [0.1, 0.15) is 0 Å². The van der Waals surface area contributed by atoms with Gasteiger partial charge in [-0.05, 0) is 36.9 Å². The van der Waals surface area contributed by atoms with Crippen LogP contribution in [0, 0.1) is 0 Å². The van der Waals surface area contributed by atoms with Gasteiger partial charge in [0, 0.05) is 12.2 Å². The van der Waals surface area contributed by atoms with Crippen LogP contribution in [0.1, 0.15) is 24.0 Å². The van der Waals surface area contributed by atoms with Gasteiger partial charge >= 0.3 is 0 Å². The summed E-state index contributed by atoms with van der Waals surface area (Å²) >= 11 is 5.85. The Bertz CT molecular complexity index is 529. The molecule has 4 heteroatoms. The number of rotatable bonds is 6. The van der Waals surface area contributed by atoms with Gasteiger partial charge in [-0.1, -0.05) is 35.9 Å². The topological polar surface area (TPSA) is 29.9 Å². The Balaban J connectivity index is 1.52. The van der Waals surface area contributed by atoms with E-state index in [0.717, 1.165) is 25.6 Å². The second-order valence-electron chi connectivity index (χ2n) is 5.15. The summed E-state index contributed by atoms with van der Waals surface area (Å²) in [4.78, 5) is 0. The van der Waals surface area contributed by atoms with Gasteiger partial charge in [-0.3, -0.25) is 4.68 Å². The number of nitrogens with one attached hydrogen (secondary N) is 1. The number of halogens is 1. The van der Waals surface area contributed by atoms with Crippen molar-refractivity contribution in [2.75, 3.05) is 6.54 Å². The van der Waals surface area contributed by atoms with Gasteiger partial charge in [-0.25, -0.2) is 0 Å². The molecular weight excluding hydrogens is 258 g/mol. The lowest BCUT2D eigenvalue weighted by molar-refractivity contribution is 0.678. The van der Waals surface area contributed by atoms with Gasteiger partial charge in [-0.15, -0.1) is 0 Å². The van der Waals surface area contributed by atoms with Crippen LogP contribution in [0.5, 0.6) is 0 Å². The molecule has 1 N–H and O–H groups in total. The lowest BCUT2D eigenvalue weighted by atomic mass is 10.1. The van der Waals surface area contributed by atoms with E-state index in [1.165, 1.54) is 24.0 Å². The van der Waals surface area contributed by atoms with Gasteiger partial charge in [0.2, 0.25) is 0 Å². The summed E-state index contributed by atoms with van der Waals surface area (Å²) in [5, 5.41) is 8.40. The molecule has 0 saturated heterocycles. The van der Waals surface area contributed by atoms with Crippen LogP contribution in [0.25, 0.3) is 0 Å². The fourth-order valence-corrected chi connectivity index (χ4v) is 2.29. The summed E-state index contributed by atoms with van der Waals surface area (Å²) in [6.07, 6.45) is 7.32. The zero-order chi connectivity index (χ0) is 13.1. The van der Waals surface area contributed by atoms with Crippen LogP contribution in [-0.4, -0.2) is 22.4 Å². The molecule has 0 aliphatic heterocycles. The minimum Gasteiger partial charge on any atom is -0.314 e. The fraction of sp³-hybridized carbons (Fsp3) is 0.400. The van der Waals surface area contributed by atoms with E-state index in [-0.39, 0.29) is 0 Å². The highest BCUT2D eigenvalue weighted by Crippen LogP contribution is 2.18. The van der Waals surface area contributed by atoms with E-state index in [9.17, 15) is 0 Å². The van der Waals surface area contributed by atoms with E-state index >= 15 is 0 Å². The molecule has 1 heterocycles. The maximum atomic E-state index is 5.85. The Morgan fingerprint density at radius 2 is 1.95 bits per heavy atom. The SMILES string of the molecule is Clc1cnn(Cc2ccc(CCNC3CC3)cc2)c1. The first kappa shape index (κ1) is 12.7. The van der Waals surface area contributed by atoms with E-state index in [1.54, 1.807) is 6.20 Å². The maximum absolute atomic E-state index is 5.85. The van der Waals surface area contributed by atoms with Crippen molar-refractivity contribution < 1.29 is 0 Å². The second kappa shape index (κ2) is 5.76. The Morgan fingerprint density at radius 1 is 1.21 bits per heavy atom. The fourth-order valence-electron chi connectivity index (χ4n) is 2.13. The van der Waals surface area contributed by atoms with Crippen LogP contribution in [-0.2, 0) is 13.0 Å². The van der Waals surface area contributed by atoms with Gasteiger partial charge < -0.3 is 5.32 Å². The van der Waals surface area contributed by atoms with E-state index < -0.39 is 0 Å². The first-order chi connectivity index (χ1) is 9.29. The molecule has 3 rings (SSSR count). The Kier molecular flexibility index (Phi) is 3.85. The molecule has 1 aliphatic rings. The average Bonchev–Trinajstić information content (AvgIpc) is 3.14. The van der Waals surface area contributed by atoms with Crippen molar-refractivity contribution >= 4 is 11.6 Å². The van der Waals surface area contributed by atoms with Crippen LogP contribution in [0.4, 0.5) is 0 Å². The van der Waals surface area contributed by atoms with Crippen LogP contribution in [0.2, 0.25) is 5.02 Å². The zero-order valence-electron chi connectivity index (χ0n) is 10.8. The first-order valence-electron chi connectivity index (χ1n) is 6.79. The predicted molar refractivity (Wildman–Crippen MR) is 77.5 cm³/mol. The van der Waals surface area contributed by atoms with Crippen LogP contribution >= 0.6 is 11.6 Å². The molecule has 0 bridgehead atoms. The molecule has 100 valence electrons. The molecule has 2 aromatic rings. The van der Waals surface area contributed by atoms with Crippen molar-refractivity contribution in [3.63, 3.8) is 0 Å². The molecule has 0 amide bonds. The smallest absolute Gasteiger partial charge is 0.0785 e. The highest BCUT2D eigenvalue weighted by atomic mass is 35.5. The maximum Gasteiger partial charge on any atom is 0.0785 e. The molecule has 19 heavy (non-hydrogen) atoms. The third-order valence-electron chi connectivity index (χ3n) is 3.39. The molecular formula is C15H18ClN3. The molecule has 1 fully saturated rings. The van der Waals surface area contributed by atoms with E-state index in [2.05, 4.69) is 34.7 Å². The number of benzene rings is 1. The molecule has 0 atom stereocenters. The molecule has 0 radical (unpaired) electrons. The second-order valence-corrected chi connectivity index (χ2v) is 5.59. The number of hydrogen-bond donors (Lipinski definition) is 1.